The Bertz CT molecular complexity index is 441. The number of amides is 1. The maximum absolute atomic E-state index is 11.5. The number of carbonyl (C=O) groups excluding carboxylic acids is 1. The number of rotatable bonds is 4. The van der Waals surface area contributed by atoms with Crippen LogP contribution < -0.4 is 11.2 Å². The zero-order valence-electron chi connectivity index (χ0n) is 11.4. The lowest BCUT2D eigenvalue weighted by Crippen LogP contribution is -2.27. The molecule has 1 amide bonds. The van der Waals surface area contributed by atoms with E-state index in [1.54, 1.807) is 32.9 Å². The molecule has 6 heteroatoms. The zero-order chi connectivity index (χ0) is 14.5. The Morgan fingerprint density at radius 1 is 1.42 bits per heavy atom. The van der Waals surface area contributed by atoms with E-state index in [9.17, 15) is 9.90 Å². The van der Waals surface area contributed by atoms with E-state index in [4.69, 9.17) is 10.6 Å². The smallest absolute Gasteiger partial charge is 0.412 e. The second-order valence-corrected chi connectivity index (χ2v) is 5.09. The molecule has 0 radical (unpaired) electrons. The molecule has 1 rings (SSSR count). The van der Waals surface area contributed by atoms with Gasteiger partial charge in [0, 0.05) is 18.2 Å². The van der Waals surface area contributed by atoms with Gasteiger partial charge in [-0.3, -0.25) is 5.32 Å². The average molecular weight is 268 g/mol. The largest absolute Gasteiger partial charge is 0.508 e. The van der Waals surface area contributed by atoms with E-state index in [1.165, 1.54) is 6.07 Å². The Kier molecular flexibility index (Phi) is 5.14. The molecule has 0 spiro atoms. The van der Waals surface area contributed by atoms with Crippen molar-refractivity contribution < 1.29 is 19.5 Å². The average Bonchev–Trinajstić information content (AvgIpc) is 2.25. The van der Waals surface area contributed by atoms with Crippen molar-refractivity contribution in [2.75, 3.05) is 11.9 Å². The van der Waals surface area contributed by atoms with Crippen LogP contribution in [0.5, 0.6) is 5.75 Å². The number of hydrogen-bond acceptors (Lipinski definition) is 5. The number of hydrogen-bond donors (Lipinski definition) is 3. The summed E-state index contributed by atoms with van der Waals surface area (Å²) in [6, 6.07) is 4.83. The van der Waals surface area contributed by atoms with Gasteiger partial charge in [-0.1, -0.05) is 6.07 Å². The Morgan fingerprint density at radius 2 is 2.11 bits per heavy atom. The number of aromatic hydroxyl groups is 1. The molecular formula is C13H20N2O4. The molecule has 4 N–H and O–H groups in total. The van der Waals surface area contributed by atoms with Crippen molar-refractivity contribution in [1.82, 2.24) is 0 Å². The summed E-state index contributed by atoms with van der Waals surface area (Å²) < 4.78 is 5.11. The molecule has 19 heavy (non-hydrogen) atoms. The summed E-state index contributed by atoms with van der Waals surface area (Å²) in [6.07, 6.45) is -0.0698. The molecule has 0 aromatic heterocycles. The maximum Gasteiger partial charge on any atom is 0.412 e. The van der Waals surface area contributed by atoms with Crippen LogP contribution in [-0.2, 0) is 16.0 Å². The van der Waals surface area contributed by atoms with E-state index in [2.05, 4.69) is 10.2 Å². The van der Waals surface area contributed by atoms with Gasteiger partial charge in [0.05, 0.1) is 6.61 Å². The Labute approximate surface area is 112 Å². The minimum absolute atomic E-state index is 0.0746. The number of nitrogens with two attached hydrogens (primary N) is 1. The molecular weight excluding hydrogens is 248 g/mol. The van der Waals surface area contributed by atoms with Crippen LogP contribution in [0.1, 0.15) is 26.3 Å². The van der Waals surface area contributed by atoms with Crippen molar-refractivity contribution in [3.63, 3.8) is 0 Å². The highest BCUT2D eigenvalue weighted by atomic mass is 16.6. The molecule has 0 bridgehead atoms. The minimum Gasteiger partial charge on any atom is -0.508 e. The maximum atomic E-state index is 11.5. The van der Waals surface area contributed by atoms with E-state index in [-0.39, 0.29) is 5.75 Å². The van der Waals surface area contributed by atoms with Gasteiger partial charge in [0.25, 0.3) is 0 Å². The molecule has 0 unspecified atom stereocenters. The molecule has 0 aliphatic rings. The Balaban J connectivity index is 2.65. The zero-order valence-corrected chi connectivity index (χ0v) is 11.4. The molecule has 106 valence electrons. The molecule has 0 heterocycles. The van der Waals surface area contributed by atoms with Gasteiger partial charge in [-0.2, -0.15) is 0 Å². The summed E-state index contributed by atoms with van der Waals surface area (Å²) in [7, 11) is 0. The standard InChI is InChI=1S/C13H20N2O4/c1-13(2,3)19-12(17)15-10-5-4-9(6-7-18-14)11(16)8-10/h4-5,8,16H,6-7,14H2,1-3H3,(H,15,17). The predicted molar refractivity (Wildman–Crippen MR) is 71.8 cm³/mol. The summed E-state index contributed by atoms with van der Waals surface area (Å²) in [5.74, 6) is 5.00. The number of carbonyl (C=O) groups is 1. The second kappa shape index (κ2) is 6.40. The highest BCUT2D eigenvalue weighted by Crippen LogP contribution is 2.23. The summed E-state index contributed by atoms with van der Waals surface area (Å²) in [6.45, 7) is 5.65. The third kappa shape index (κ3) is 5.58. The Morgan fingerprint density at radius 3 is 2.63 bits per heavy atom. The lowest BCUT2D eigenvalue weighted by atomic mass is 10.1. The quantitative estimate of drug-likeness (QED) is 0.728. The molecule has 0 saturated heterocycles. The van der Waals surface area contributed by atoms with E-state index in [0.29, 0.717) is 24.3 Å². The van der Waals surface area contributed by atoms with Gasteiger partial charge in [0.15, 0.2) is 0 Å². The van der Waals surface area contributed by atoms with E-state index in [1.807, 2.05) is 0 Å². The lowest BCUT2D eigenvalue weighted by Gasteiger charge is -2.19. The number of benzene rings is 1. The van der Waals surface area contributed by atoms with Crippen molar-refractivity contribution in [2.45, 2.75) is 32.8 Å². The molecule has 1 aromatic rings. The van der Waals surface area contributed by atoms with Gasteiger partial charge in [-0.15, -0.1) is 0 Å². The van der Waals surface area contributed by atoms with Gasteiger partial charge in [0.2, 0.25) is 0 Å². The molecule has 0 atom stereocenters. The highest BCUT2D eigenvalue weighted by Gasteiger charge is 2.16. The van der Waals surface area contributed by atoms with Gasteiger partial charge < -0.3 is 14.7 Å². The fourth-order valence-electron chi connectivity index (χ4n) is 1.44. The first-order valence-electron chi connectivity index (χ1n) is 5.95. The fraction of sp³-hybridized carbons (Fsp3) is 0.462. The summed E-state index contributed by atoms with van der Waals surface area (Å²) >= 11 is 0. The summed E-state index contributed by atoms with van der Waals surface area (Å²) in [5, 5.41) is 12.3. The Hall–Kier alpha value is -1.79. The summed E-state index contributed by atoms with van der Waals surface area (Å²) in [5.41, 5.74) is 0.592. The predicted octanol–water partition coefficient (Wildman–Crippen LogP) is 2.17. The van der Waals surface area contributed by atoms with Crippen LogP contribution in [0.3, 0.4) is 0 Å². The number of phenols is 1. The molecule has 0 aliphatic heterocycles. The number of nitrogens with one attached hydrogen (secondary N) is 1. The van der Waals surface area contributed by atoms with Crippen molar-refractivity contribution in [3.05, 3.63) is 23.8 Å². The van der Waals surface area contributed by atoms with Crippen molar-refractivity contribution in [3.8, 4) is 5.75 Å². The van der Waals surface area contributed by atoms with E-state index < -0.39 is 11.7 Å². The van der Waals surface area contributed by atoms with Crippen LogP contribution in [0.2, 0.25) is 0 Å². The molecule has 0 aliphatic carbocycles. The van der Waals surface area contributed by atoms with Crippen LogP contribution >= 0.6 is 0 Å². The van der Waals surface area contributed by atoms with Gasteiger partial charge >= 0.3 is 6.09 Å². The van der Waals surface area contributed by atoms with Gasteiger partial charge in [-0.25, -0.2) is 10.7 Å². The first-order chi connectivity index (χ1) is 8.81. The van der Waals surface area contributed by atoms with Crippen molar-refractivity contribution in [1.29, 1.82) is 0 Å². The monoisotopic (exact) mass is 268 g/mol. The molecule has 0 saturated carbocycles. The number of ether oxygens (including phenoxy) is 1. The highest BCUT2D eigenvalue weighted by molar-refractivity contribution is 5.85. The first-order valence-corrected chi connectivity index (χ1v) is 5.95. The van der Waals surface area contributed by atoms with Crippen LogP contribution in [0.25, 0.3) is 0 Å². The second-order valence-electron chi connectivity index (χ2n) is 5.09. The molecule has 6 nitrogen and oxygen atoms in total. The van der Waals surface area contributed by atoms with Crippen LogP contribution in [-0.4, -0.2) is 23.4 Å². The van der Waals surface area contributed by atoms with E-state index in [0.717, 1.165) is 0 Å². The number of phenolic OH excluding ortho intramolecular Hbond substituents is 1. The van der Waals surface area contributed by atoms with Crippen LogP contribution in [0.4, 0.5) is 10.5 Å². The van der Waals surface area contributed by atoms with Crippen LogP contribution in [0, 0.1) is 0 Å². The minimum atomic E-state index is -0.565. The topological polar surface area (TPSA) is 93.8 Å². The van der Waals surface area contributed by atoms with Gasteiger partial charge in [-0.05, 0) is 32.4 Å². The lowest BCUT2D eigenvalue weighted by molar-refractivity contribution is 0.0636. The SMILES string of the molecule is CC(C)(C)OC(=O)Nc1ccc(CCON)c(O)c1. The number of anilines is 1. The fourth-order valence-corrected chi connectivity index (χ4v) is 1.44. The van der Waals surface area contributed by atoms with Gasteiger partial charge in [0.1, 0.15) is 11.4 Å². The molecule has 0 fully saturated rings. The van der Waals surface area contributed by atoms with Crippen molar-refractivity contribution in [2.24, 2.45) is 5.90 Å². The van der Waals surface area contributed by atoms with Crippen LogP contribution in [0.15, 0.2) is 18.2 Å². The normalized spacial score (nSPS) is 11.2. The third-order valence-electron chi connectivity index (χ3n) is 2.22. The third-order valence-corrected chi connectivity index (χ3v) is 2.22. The van der Waals surface area contributed by atoms with Crippen molar-refractivity contribution >= 4 is 11.8 Å². The van der Waals surface area contributed by atoms with E-state index >= 15 is 0 Å². The molecule has 1 aromatic carbocycles. The summed E-state index contributed by atoms with van der Waals surface area (Å²) in [4.78, 5) is 16.0. The first kappa shape index (κ1) is 15.3.